The Kier molecular flexibility index (Phi) is 7.39. The van der Waals surface area contributed by atoms with Gasteiger partial charge in [-0.2, -0.15) is 0 Å². The molecular weight excluding hydrogens is 376 g/mol. The largest absolute Gasteiger partial charge is 0.336 e. The molecule has 0 saturated carbocycles. The maximum Gasteiger partial charge on any atom is 0.254 e. The predicted molar refractivity (Wildman–Crippen MR) is 112 cm³/mol. The van der Waals surface area contributed by atoms with Gasteiger partial charge in [-0.1, -0.05) is 23.9 Å². The van der Waals surface area contributed by atoms with E-state index >= 15 is 0 Å². The van der Waals surface area contributed by atoms with E-state index in [1.807, 2.05) is 38.3 Å². The molecule has 2 amide bonds. The fraction of sp³-hybridized carbons (Fsp3) is 0.400. The second-order valence-electron chi connectivity index (χ2n) is 6.68. The minimum absolute atomic E-state index is 0.0504. The average molecular weight is 403 g/mol. The fourth-order valence-electron chi connectivity index (χ4n) is 2.78. The first-order chi connectivity index (χ1) is 13.2. The van der Waals surface area contributed by atoms with Gasteiger partial charge in [0, 0.05) is 30.4 Å². The number of hydrogen-bond donors (Lipinski definition) is 2. The van der Waals surface area contributed by atoms with Crippen LogP contribution in [-0.2, 0) is 16.0 Å². The summed E-state index contributed by atoms with van der Waals surface area (Å²) in [7, 11) is 1.58. The number of aryl methyl sites for hydroxylation is 2. The first-order valence-electron chi connectivity index (χ1n) is 8.96. The van der Waals surface area contributed by atoms with Crippen LogP contribution in [0.3, 0.4) is 0 Å². The Bertz CT molecular complexity index is 940. The van der Waals surface area contributed by atoms with Crippen LogP contribution in [0, 0.1) is 20.8 Å². The molecule has 1 aromatic heterocycles. The molecule has 0 fully saturated rings. The number of hydrogen-bond acceptors (Lipinski definition) is 5. The number of carbonyl (C=O) groups excluding carboxylic acids is 2. The molecule has 0 aliphatic heterocycles. The van der Waals surface area contributed by atoms with Crippen LogP contribution in [0.4, 0.5) is 5.69 Å². The molecule has 0 aliphatic rings. The van der Waals surface area contributed by atoms with E-state index < -0.39 is 0 Å². The number of aromatic nitrogens is 2. The molecule has 0 spiro atoms. The topological polar surface area (TPSA) is 95.2 Å². The molecule has 2 aromatic rings. The zero-order valence-electron chi connectivity index (χ0n) is 16.9. The first kappa shape index (κ1) is 21.7. The molecule has 0 bridgehead atoms. The van der Waals surface area contributed by atoms with Crippen LogP contribution in [-0.4, -0.2) is 46.5 Å². The molecule has 7 nitrogen and oxygen atoms in total. The number of carbonyl (C=O) groups is 2. The Morgan fingerprint density at radius 3 is 2.61 bits per heavy atom. The number of amides is 2. The molecule has 28 heavy (non-hydrogen) atoms. The number of rotatable bonds is 7. The second kappa shape index (κ2) is 9.54. The predicted octanol–water partition coefficient (Wildman–Crippen LogP) is 2.45. The van der Waals surface area contributed by atoms with Gasteiger partial charge in [-0.05, 0) is 50.6 Å². The maximum absolute atomic E-state index is 12.4. The minimum Gasteiger partial charge on any atom is -0.336 e. The van der Waals surface area contributed by atoms with Crippen molar-refractivity contribution < 1.29 is 9.59 Å². The highest BCUT2D eigenvalue weighted by Gasteiger charge is 2.16. The number of aromatic amines is 1. The van der Waals surface area contributed by atoms with Crippen molar-refractivity contribution in [2.75, 3.05) is 25.2 Å². The van der Waals surface area contributed by atoms with Crippen LogP contribution in [0.2, 0.25) is 0 Å². The Labute approximate surface area is 168 Å². The Balaban J connectivity index is 1.93. The third-order valence-corrected chi connectivity index (χ3v) is 5.25. The number of H-pyrrole nitrogens is 1. The van der Waals surface area contributed by atoms with E-state index in [9.17, 15) is 14.4 Å². The van der Waals surface area contributed by atoms with Crippen molar-refractivity contribution in [2.24, 2.45) is 0 Å². The Hall–Kier alpha value is -2.61. The number of nitrogens with one attached hydrogen (secondary N) is 2. The summed E-state index contributed by atoms with van der Waals surface area (Å²) >= 11 is 1.36. The molecule has 0 unspecified atom stereocenters. The van der Waals surface area contributed by atoms with E-state index in [0.29, 0.717) is 16.4 Å². The lowest BCUT2D eigenvalue weighted by atomic mass is 10.1. The van der Waals surface area contributed by atoms with Gasteiger partial charge in [-0.3, -0.25) is 14.4 Å². The van der Waals surface area contributed by atoms with Gasteiger partial charge in [0.25, 0.3) is 5.56 Å². The quantitative estimate of drug-likeness (QED) is 0.548. The monoisotopic (exact) mass is 402 g/mol. The first-order valence-corrected chi connectivity index (χ1v) is 10.2. The average Bonchev–Trinajstić information content (AvgIpc) is 2.64. The number of benzene rings is 1. The summed E-state index contributed by atoms with van der Waals surface area (Å²) in [6.07, 6.45) is 2.25. The molecule has 0 atom stereocenters. The molecule has 0 saturated heterocycles. The third kappa shape index (κ3) is 5.45. The Morgan fingerprint density at radius 1 is 1.25 bits per heavy atom. The molecule has 150 valence electrons. The van der Waals surface area contributed by atoms with Gasteiger partial charge in [0.1, 0.15) is 0 Å². The van der Waals surface area contributed by atoms with Crippen molar-refractivity contribution in [1.82, 2.24) is 14.9 Å². The van der Waals surface area contributed by atoms with E-state index in [2.05, 4.69) is 15.3 Å². The molecule has 2 rings (SSSR count). The smallest absolute Gasteiger partial charge is 0.254 e. The zero-order chi connectivity index (χ0) is 20.8. The summed E-state index contributed by atoms with van der Waals surface area (Å²) in [4.78, 5) is 45.2. The van der Waals surface area contributed by atoms with Crippen LogP contribution < -0.4 is 10.9 Å². The van der Waals surface area contributed by atoms with E-state index in [1.54, 1.807) is 14.0 Å². The van der Waals surface area contributed by atoms with Gasteiger partial charge < -0.3 is 15.2 Å². The summed E-state index contributed by atoms with van der Waals surface area (Å²) < 4.78 is 0. The molecule has 2 N–H and O–H groups in total. The van der Waals surface area contributed by atoms with Crippen LogP contribution in [0.1, 0.15) is 28.8 Å². The molecule has 8 heteroatoms. The fourth-order valence-corrected chi connectivity index (χ4v) is 3.20. The van der Waals surface area contributed by atoms with Gasteiger partial charge in [-0.25, -0.2) is 4.98 Å². The van der Waals surface area contributed by atoms with E-state index in [1.165, 1.54) is 16.7 Å². The summed E-state index contributed by atoms with van der Waals surface area (Å²) in [6, 6.07) is 5.69. The standard InChI is InChI=1S/C20H26N4O3S/c1-12-7-6-8-16(13(12)2)22-17(25)11-24(4)18(26)10-9-15-14(3)21-20(28-5)23-19(15)27/h6-8H,9-11H2,1-5H3,(H,22,25)(H,21,23,27). The summed E-state index contributed by atoms with van der Waals surface area (Å²) in [5.74, 6) is -0.464. The molecule has 1 heterocycles. The second-order valence-corrected chi connectivity index (χ2v) is 7.48. The van der Waals surface area contributed by atoms with Crippen molar-refractivity contribution in [3.8, 4) is 0 Å². The van der Waals surface area contributed by atoms with Gasteiger partial charge >= 0.3 is 0 Å². The van der Waals surface area contributed by atoms with Crippen LogP contribution >= 0.6 is 11.8 Å². The van der Waals surface area contributed by atoms with Crippen LogP contribution in [0.5, 0.6) is 0 Å². The van der Waals surface area contributed by atoms with E-state index in [4.69, 9.17) is 0 Å². The highest BCUT2D eigenvalue weighted by Crippen LogP contribution is 2.17. The lowest BCUT2D eigenvalue weighted by Gasteiger charge is -2.18. The van der Waals surface area contributed by atoms with Crippen molar-refractivity contribution in [2.45, 2.75) is 38.8 Å². The summed E-state index contributed by atoms with van der Waals surface area (Å²) in [6.45, 7) is 5.63. The van der Waals surface area contributed by atoms with Crippen molar-refractivity contribution >= 4 is 29.3 Å². The van der Waals surface area contributed by atoms with Gasteiger partial charge in [0.2, 0.25) is 11.8 Å². The van der Waals surface area contributed by atoms with E-state index in [-0.39, 0.29) is 36.8 Å². The van der Waals surface area contributed by atoms with Gasteiger partial charge in [-0.15, -0.1) is 0 Å². The highest BCUT2D eigenvalue weighted by molar-refractivity contribution is 7.98. The van der Waals surface area contributed by atoms with Crippen LogP contribution in [0.15, 0.2) is 28.2 Å². The number of nitrogens with zero attached hydrogens (tertiary/aromatic N) is 2. The number of likely N-dealkylation sites (N-methyl/N-ethyl adjacent to an activating group) is 1. The third-order valence-electron chi connectivity index (χ3n) is 4.67. The Morgan fingerprint density at radius 2 is 1.96 bits per heavy atom. The lowest BCUT2D eigenvalue weighted by Crippen LogP contribution is -2.35. The number of thioether (sulfide) groups is 1. The zero-order valence-corrected chi connectivity index (χ0v) is 17.7. The minimum atomic E-state index is -0.260. The molecule has 0 aliphatic carbocycles. The molecular formula is C20H26N4O3S. The maximum atomic E-state index is 12.4. The van der Waals surface area contributed by atoms with Crippen molar-refractivity contribution in [3.63, 3.8) is 0 Å². The van der Waals surface area contributed by atoms with Crippen LogP contribution in [0.25, 0.3) is 0 Å². The molecule has 1 aromatic carbocycles. The summed E-state index contributed by atoms with van der Waals surface area (Å²) in [5, 5.41) is 3.39. The normalized spacial score (nSPS) is 10.6. The van der Waals surface area contributed by atoms with Gasteiger partial charge in [0.15, 0.2) is 5.16 Å². The number of anilines is 1. The lowest BCUT2D eigenvalue weighted by molar-refractivity contribution is -0.133. The van der Waals surface area contributed by atoms with Gasteiger partial charge in [0.05, 0.1) is 6.54 Å². The van der Waals surface area contributed by atoms with Crippen molar-refractivity contribution in [3.05, 3.63) is 50.9 Å². The van der Waals surface area contributed by atoms with E-state index in [0.717, 1.165) is 16.8 Å². The SMILES string of the molecule is CSc1nc(C)c(CCC(=O)N(C)CC(=O)Nc2cccc(C)c2C)c(=O)[nH]1. The summed E-state index contributed by atoms with van der Waals surface area (Å²) in [5.41, 5.74) is 3.73. The van der Waals surface area contributed by atoms with Crippen molar-refractivity contribution in [1.29, 1.82) is 0 Å². The highest BCUT2D eigenvalue weighted by atomic mass is 32.2. The molecule has 0 radical (unpaired) electrons.